The summed E-state index contributed by atoms with van der Waals surface area (Å²) in [5.74, 6) is -0.603. The number of hydrogen-bond acceptors (Lipinski definition) is 5. The number of carbonyl (C=O) groups excluding carboxylic acids is 2. The molecule has 5 nitrogen and oxygen atoms in total. The number of ketones is 1. The van der Waals surface area contributed by atoms with Gasteiger partial charge in [-0.05, 0) is 50.8 Å². The molecule has 0 amide bonds. The van der Waals surface area contributed by atoms with Crippen LogP contribution in [0.4, 0.5) is 0 Å². The normalized spacial score (nSPS) is 43.2. The Morgan fingerprint density at radius 1 is 1.13 bits per heavy atom. The van der Waals surface area contributed by atoms with Crippen LogP contribution in [0.5, 0.6) is 0 Å². The van der Waals surface area contributed by atoms with Crippen LogP contribution in [0.25, 0.3) is 0 Å². The Bertz CT molecular complexity index is 989. The number of rotatable bonds is 0. The highest BCUT2D eigenvalue weighted by Gasteiger charge is 2.64. The number of Topliss-reactive ketones (excluding diaryl/α,β-unsaturated/α-hetero) is 1. The van der Waals surface area contributed by atoms with E-state index in [4.69, 9.17) is 9.47 Å². The molecule has 4 atom stereocenters. The van der Waals surface area contributed by atoms with Crippen molar-refractivity contribution in [2.24, 2.45) is 11.3 Å². The maximum atomic E-state index is 13.8. The standard InChI is InChI=1S/C25H28O5/c1-15-6-5-7-19(26)10-18-8-9-20(29-14-18)21-22(27)25(30-23(21)28)13-17(3)16(2)12-24(25,4)11-15/h5-6,8-12,17,19,26H,7,13-14H2,1-4H3/b6-5+,15-11+,18-10-,21-20+/t17-,19+,24+,25+/m0/s1. The average molecular weight is 408 g/mol. The smallest absolute Gasteiger partial charge is 0.346 e. The van der Waals surface area contributed by atoms with Crippen molar-refractivity contribution >= 4 is 11.8 Å². The lowest BCUT2D eigenvalue weighted by Crippen LogP contribution is -2.53. The maximum absolute atomic E-state index is 13.8. The zero-order valence-electron chi connectivity index (χ0n) is 17.9. The summed E-state index contributed by atoms with van der Waals surface area (Å²) in [6, 6.07) is 0. The fraction of sp³-hybridized carbons (Fsp3) is 0.440. The van der Waals surface area contributed by atoms with E-state index in [0.717, 1.165) is 16.7 Å². The molecule has 1 fully saturated rings. The molecule has 0 radical (unpaired) electrons. The van der Waals surface area contributed by atoms with Gasteiger partial charge in [-0.15, -0.1) is 0 Å². The van der Waals surface area contributed by atoms with Gasteiger partial charge >= 0.3 is 5.97 Å². The lowest BCUT2D eigenvalue weighted by atomic mass is 9.61. The molecule has 3 heterocycles. The zero-order chi connectivity index (χ0) is 21.7. The van der Waals surface area contributed by atoms with Crippen molar-refractivity contribution in [1.82, 2.24) is 0 Å². The van der Waals surface area contributed by atoms with Crippen LogP contribution >= 0.6 is 0 Å². The second kappa shape index (κ2) is 7.24. The van der Waals surface area contributed by atoms with Crippen molar-refractivity contribution in [3.8, 4) is 0 Å². The molecule has 1 N–H and O–H groups in total. The van der Waals surface area contributed by atoms with Crippen LogP contribution in [0.3, 0.4) is 0 Å². The first-order chi connectivity index (χ1) is 14.1. The van der Waals surface area contributed by atoms with Gasteiger partial charge in [0.05, 0.1) is 11.5 Å². The maximum Gasteiger partial charge on any atom is 0.346 e. The fourth-order valence-electron chi connectivity index (χ4n) is 4.88. The summed E-state index contributed by atoms with van der Waals surface area (Å²) < 4.78 is 11.7. The number of allylic oxidation sites excluding steroid dienone is 4. The summed E-state index contributed by atoms with van der Waals surface area (Å²) in [4.78, 5) is 26.7. The summed E-state index contributed by atoms with van der Waals surface area (Å²) in [7, 11) is 0. The number of aliphatic hydroxyl groups excluding tert-OH is 1. The lowest BCUT2D eigenvalue weighted by molar-refractivity contribution is -0.162. The summed E-state index contributed by atoms with van der Waals surface area (Å²) >= 11 is 0. The van der Waals surface area contributed by atoms with Crippen LogP contribution in [0.2, 0.25) is 0 Å². The Hall–Kier alpha value is -2.66. The third-order valence-corrected chi connectivity index (χ3v) is 6.62. The minimum atomic E-state index is -1.30. The highest BCUT2D eigenvalue weighted by atomic mass is 16.6. The second-order valence-electron chi connectivity index (χ2n) is 9.02. The summed E-state index contributed by atoms with van der Waals surface area (Å²) in [5, 5.41) is 10.3. The Morgan fingerprint density at radius 2 is 1.90 bits per heavy atom. The van der Waals surface area contributed by atoms with E-state index in [2.05, 4.69) is 13.0 Å². The average Bonchev–Trinajstić information content (AvgIpc) is 2.91. The number of ether oxygens (including phenoxy) is 2. The molecule has 30 heavy (non-hydrogen) atoms. The van der Waals surface area contributed by atoms with Crippen molar-refractivity contribution in [2.75, 3.05) is 6.61 Å². The van der Waals surface area contributed by atoms with Gasteiger partial charge in [-0.2, -0.15) is 0 Å². The van der Waals surface area contributed by atoms with E-state index in [1.165, 1.54) is 0 Å². The molecular weight excluding hydrogens is 380 g/mol. The van der Waals surface area contributed by atoms with Crippen molar-refractivity contribution in [3.63, 3.8) is 0 Å². The lowest BCUT2D eigenvalue weighted by Gasteiger charge is -2.45. The fourth-order valence-corrected chi connectivity index (χ4v) is 4.88. The molecule has 4 bridgehead atoms. The first-order valence-electron chi connectivity index (χ1n) is 10.4. The van der Waals surface area contributed by atoms with E-state index in [1.807, 2.05) is 39.0 Å². The first-order valence-corrected chi connectivity index (χ1v) is 10.4. The minimum Gasteiger partial charge on any atom is -0.488 e. The number of carbonyl (C=O) groups is 2. The van der Waals surface area contributed by atoms with Gasteiger partial charge in [0.1, 0.15) is 17.9 Å². The molecule has 0 aromatic carbocycles. The quantitative estimate of drug-likeness (QED) is 0.374. The molecule has 0 unspecified atom stereocenters. The van der Waals surface area contributed by atoms with E-state index in [-0.39, 0.29) is 29.6 Å². The molecule has 5 aliphatic rings. The Kier molecular flexibility index (Phi) is 4.97. The largest absolute Gasteiger partial charge is 0.488 e. The van der Waals surface area contributed by atoms with Crippen molar-refractivity contribution in [3.05, 3.63) is 70.6 Å². The van der Waals surface area contributed by atoms with Crippen LogP contribution < -0.4 is 0 Å². The van der Waals surface area contributed by atoms with Crippen LogP contribution in [0.15, 0.2) is 70.6 Å². The second-order valence-corrected chi connectivity index (χ2v) is 9.02. The third-order valence-electron chi connectivity index (χ3n) is 6.62. The van der Waals surface area contributed by atoms with Gasteiger partial charge in [0, 0.05) is 6.42 Å². The van der Waals surface area contributed by atoms with Crippen molar-refractivity contribution in [1.29, 1.82) is 0 Å². The van der Waals surface area contributed by atoms with Gasteiger partial charge in [-0.25, -0.2) is 4.79 Å². The molecule has 1 spiro atoms. The van der Waals surface area contributed by atoms with Crippen LogP contribution in [-0.2, 0) is 19.1 Å². The predicted octanol–water partition coefficient (Wildman–Crippen LogP) is 3.88. The first kappa shape index (κ1) is 20.6. The molecule has 0 saturated carbocycles. The molecule has 1 saturated heterocycles. The highest BCUT2D eigenvalue weighted by Crippen LogP contribution is 2.53. The number of fused-ring (bicyclic) bond motifs is 5. The molecule has 3 aliphatic heterocycles. The molecular formula is C25H28O5. The van der Waals surface area contributed by atoms with E-state index in [0.29, 0.717) is 12.8 Å². The monoisotopic (exact) mass is 408 g/mol. The van der Waals surface area contributed by atoms with E-state index >= 15 is 0 Å². The van der Waals surface area contributed by atoms with Gasteiger partial charge in [0.25, 0.3) is 0 Å². The zero-order valence-corrected chi connectivity index (χ0v) is 17.9. The Morgan fingerprint density at radius 3 is 2.60 bits per heavy atom. The van der Waals surface area contributed by atoms with Gasteiger partial charge < -0.3 is 14.6 Å². The van der Waals surface area contributed by atoms with Gasteiger partial charge in [0.15, 0.2) is 5.60 Å². The van der Waals surface area contributed by atoms with Crippen LogP contribution in [0, 0.1) is 11.3 Å². The SMILES string of the molecule is CC1=C[C@@]2(C)/C=C(C)/C=C/C[C@@H](O)/C=C3C=C/C(=C4\C(=O)O[C@]2(C[C@@H]1C)C4=O)OC/3. The van der Waals surface area contributed by atoms with Gasteiger partial charge in [-0.3, -0.25) is 4.79 Å². The van der Waals surface area contributed by atoms with Gasteiger partial charge in [-0.1, -0.05) is 48.5 Å². The summed E-state index contributed by atoms with van der Waals surface area (Å²) in [5.41, 5.74) is 0.782. The van der Waals surface area contributed by atoms with Crippen molar-refractivity contribution < 1.29 is 24.2 Å². The highest BCUT2D eigenvalue weighted by molar-refractivity contribution is 6.26. The predicted molar refractivity (Wildman–Crippen MR) is 113 cm³/mol. The van der Waals surface area contributed by atoms with E-state index in [1.54, 1.807) is 18.2 Å². The topological polar surface area (TPSA) is 72.8 Å². The van der Waals surface area contributed by atoms with Gasteiger partial charge in [0.2, 0.25) is 5.78 Å². The summed E-state index contributed by atoms with van der Waals surface area (Å²) in [6.45, 7) is 8.19. The third kappa shape index (κ3) is 3.21. The van der Waals surface area contributed by atoms with Crippen LogP contribution in [0.1, 0.15) is 40.5 Å². The Balaban J connectivity index is 1.95. The molecule has 5 rings (SSSR count). The minimum absolute atomic E-state index is 0.0197. The summed E-state index contributed by atoms with van der Waals surface area (Å²) in [6.07, 6.45) is 13.3. The Labute approximate surface area is 177 Å². The molecule has 0 aromatic heterocycles. The van der Waals surface area contributed by atoms with Crippen molar-refractivity contribution in [2.45, 2.75) is 52.2 Å². The number of aliphatic hydroxyl groups is 1. The van der Waals surface area contributed by atoms with E-state index < -0.39 is 23.1 Å². The molecule has 2 aliphatic carbocycles. The molecule has 0 aromatic rings. The number of hydrogen-bond donors (Lipinski definition) is 1. The van der Waals surface area contributed by atoms with Crippen LogP contribution in [-0.4, -0.2) is 35.2 Å². The van der Waals surface area contributed by atoms with E-state index in [9.17, 15) is 14.7 Å². The number of esters is 1. The molecule has 5 heteroatoms. The molecule has 158 valence electrons.